The van der Waals surface area contributed by atoms with Crippen LogP contribution in [-0.2, 0) is 6.54 Å². The van der Waals surface area contributed by atoms with Crippen LogP contribution in [-0.4, -0.2) is 19.6 Å². The van der Waals surface area contributed by atoms with Gasteiger partial charge in [0.1, 0.15) is 17.3 Å². The molecule has 0 spiro atoms. The second-order valence-electron chi connectivity index (χ2n) is 4.26. The number of hydrogen-bond acceptors (Lipinski definition) is 2. The quantitative estimate of drug-likeness (QED) is 0.753. The molecule has 0 saturated heterocycles. The van der Waals surface area contributed by atoms with Gasteiger partial charge in [-0.3, -0.25) is 0 Å². The van der Waals surface area contributed by atoms with E-state index in [1.54, 1.807) is 4.90 Å². The molecule has 1 N–H and O–H groups in total. The highest BCUT2D eigenvalue weighted by atomic mass is 19.1. The molecule has 18 heavy (non-hydrogen) atoms. The van der Waals surface area contributed by atoms with Crippen LogP contribution in [0.4, 0.5) is 14.5 Å². The predicted molar refractivity (Wildman–Crippen MR) is 71.9 cm³/mol. The van der Waals surface area contributed by atoms with Gasteiger partial charge in [-0.05, 0) is 44.5 Å². The Hall–Kier alpha value is -1.16. The summed E-state index contributed by atoms with van der Waals surface area (Å²) < 4.78 is 27.9. The molecule has 102 valence electrons. The fraction of sp³-hybridized carbons (Fsp3) is 0.571. The van der Waals surface area contributed by atoms with E-state index in [0.717, 1.165) is 13.0 Å². The summed E-state index contributed by atoms with van der Waals surface area (Å²) in [6.07, 6.45) is 1.00. The van der Waals surface area contributed by atoms with Gasteiger partial charge in [0.05, 0.1) is 0 Å². The standard InChI is InChI=1S/C14H22F2N2/c1-4-7-17-10-11-8-12(15)14(13(16)9-11)18(5-2)6-3/h8-9,17H,4-7,10H2,1-3H3. The second kappa shape index (κ2) is 7.31. The summed E-state index contributed by atoms with van der Waals surface area (Å²) in [7, 11) is 0. The third-order valence-electron chi connectivity index (χ3n) is 2.91. The van der Waals surface area contributed by atoms with Gasteiger partial charge in [-0.2, -0.15) is 0 Å². The molecule has 0 aliphatic rings. The average molecular weight is 256 g/mol. The first-order valence-electron chi connectivity index (χ1n) is 6.57. The van der Waals surface area contributed by atoms with Crippen molar-refractivity contribution < 1.29 is 8.78 Å². The van der Waals surface area contributed by atoms with Crippen molar-refractivity contribution in [1.82, 2.24) is 5.32 Å². The zero-order valence-corrected chi connectivity index (χ0v) is 11.4. The molecule has 0 fully saturated rings. The molecule has 0 heterocycles. The molecule has 0 bridgehead atoms. The highest BCUT2D eigenvalue weighted by Crippen LogP contribution is 2.24. The number of benzene rings is 1. The maximum absolute atomic E-state index is 13.9. The fourth-order valence-corrected chi connectivity index (χ4v) is 1.97. The van der Waals surface area contributed by atoms with Crippen molar-refractivity contribution in [2.75, 3.05) is 24.5 Å². The first-order valence-corrected chi connectivity index (χ1v) is 6.57. The van der Waals surface area contributed by atoms with E-state index in [1.807, 2.05) is 13.8 Å². The van der Waals surface area contributed by atoms with Crippen LogP contribution < -0.4 is 10.2 Å². The molecule has 4 heteroatoms. The maximum atomic E-state index is 13.9. The van der Waals surface area contributed by atoms with Crippen LogP contribution >= 0.6 is 0 Å². The van der Waals surface area contributed by atoms with Crippen LogP contribution in [0.2, 0.25) is 0 Å². The lowest BCUT2D eigenvalue weighted by molar-refractivity contribution is 0.566. The summed E-state index contributed by atoms with van der Waals surface area (Å²) in [6.45, 7) is 8.37. The first kappa shape index (κ1) is 14.9. The second-order valence-corrected chi connectivity index (χ2v) is 4.26. The molecule has 0 amide bonds. The fourth-order valence-electron chi connectivity index (χ4n) is 1.97. The van der Waals surface area contributed by atoms with Gasteiger partial charge in [-0.1, -0.05) is 6.92 Å². The molecular formula is C14H22F2N2. The highest BCUT2D eigenvalue weighted by Gasteiger charge is 2.15. The molecule has 0 aliphatic carbocycles. The number of rotatable bonds is 7. The number of halogens is 2. The normalized spacial score (nSPS) is 10.7. The summed E-state index contributed by atoms with van der Waals surface area (Å²) in [5, 5.41) is 3.14. The van der Waals surface area contributed by atoms with Crippen molar-refractivity contribution in [3.05, 3.63) is 29.3 Å². The van der Waals surface area contributed by atoms with Crippen molar-refractivity contribution in [1.29, 1.82) is 0 Å². The summed E-state index contributed by atoms with van der Waals surface area (Å²) in [5.41, 5.74) is 0.730. The molecule has 0 aromatic heterocycles. The van der Waals surface area contributed by atoms with E-state index >= 15 is 0 Å². The molecule has 0 unspecified atom stereocenters. The minimum absolute atomic E-state index is 0.0826. The lowest BCUT2D eigenvalue weighted by Gasteiger charge is -2.22. The van der Waals surface area contributed by atoms with E-state index in [-0.39, 0.29) is 5.69 Å². The van der Waals surface area contributed by atoms with E-state index in [2.05, 4.69) is 12.2 Å². The third kappa shape index (κ3) is 3.67. The van der Waals surface area contributed by atoms with Crippen molar-refractivity contribution in [3.63, 3.8) is 0 Å². The number of nitrogens with zero attached hydrogens (tertiary/aromatic N) is 1. The Labute approximate surface area is 108 Å². The van der Waals surface area contributed by atoms with Gasteiger partial charge in [0.2, 0.25) is 0 Å². The Morgan fingerprint density at radius 1 is 1.06 bits per heavy atom. The van der Waals surface area contributed by atoms with E-state index in [9.17, 15) is 8.78 Å². The van der Waals surface area contributed by atoms with E-state index in [4.69, 9.17) is 0 Å². The van der Waals surface area contributed by atoms with Crippen LogP contribution in [0.1, 0.15) is 32.8 Å². The van der Waals surface area contributed by atoms with Gasteiger partial charge < -0.3 is 10.2 Å². The summed E-state index contributed by atoms with van der Waals surface area (Å²) in [5.74, 6) is -0.959. The topological polar surface area (TPSA) is 15.3 Å². The lowest BCUT2D eigenvalue weighted by Crippen LogP contribution is -2.24. The largest absolute Gasteiger partial charge is 0.367 e. The molecule has 0 aliphatic heterocycles. The highest BCUT2D eigenvalue weighted by molar-refractivity contribution is 5.50. The van der Waals surface area contributed by atoms with Crippen molar-refractivity contribution >= 4 is 5.69 Å². The zero-order valence-electron chi connectivity index (χ0n) is 11.4. The van der Waals surface area contributed by atoms with Gasteiger partial charge in [0, 0.05) is 19.6 Å². The van der Waals surface area contributed by atoms with Gasteiger partial charge in [0.15, 0.2) is 0 Å². The van der Waals surface area contributed by atoms with Gasteiger partial charge in [0.25, 0.3) is 0 Å². The minimum atomic E-state index is -0.480. The molecule has 1 rings (SSSR count). The predicted octanol–water partition coefficient (Wildman–Crippen LogP) is 3.31. The van der Waals surface area contributed by atoms with Crippen LogP contribution in [0.25, 0.3) is 0 Å². The Bertz CT molecular complexity index is 353. The molecule has 0 radical (unpaired) electrons. The monoisotopic (exact) mass is 256 g/mol. The SMILES string of the molecule is CCCNCc1cc(F)c(N(CC)CC)c(F)c1. The number of hydrogen-bond donors (Lipinski definition) is 1. The van der Waals surface area contributed by atoms with E-state index in [1.165, 1.54) is 12.1 Å². The minimum Gasteiger partial charge on any atom is -0.367 e. The number of nitrogens with one attached hydrogen (secondary N) is 1. The Balaban J connectivity index is 2.90. The van der Waals surface area contributed by atoms with Crippen LogP contribution in [0, 0.1) is 11.6 Å². The maximum Gasteiger partial charge on any atom is 0.149 e. The zero-order chi connectivity index (χ0) is 13.5. The van der Waals surface area contributed by atoms with Crippen molar-refractivity contribution in [2.24, 2.45) is 0 Å². The van der Waals surface area contributed by atoms with Crippen LogP contribution in [0.3, 0.4) is 0 Å². The average Bonchev–Trinajstić information content (AvgIpc) is 2.34. The molecular weight excluding hydrogens is 234 g/mol. The molecule has 2 nitrogen and oxygen atoms in total. The summed E-state index contributed by atoms with van der Waals surface area (Å²) in [6, 6.07) is 2.83. The molecule has 0 saturated carbocycles. The summed E-state index contributed by atoms with van der Waals surface area (Å²) >= 11 is 0. The lowest BCUT2D eigenvalue weighted by atomic mass is 10.1. The summed E-state index contributed by atoms with van der Waals surface area (Å²) in [4.78, 5) is 1.69. The third-order valence-corrected chi connectivity index (χ3v) is 2.91. The smallest absolute Gasteiger partial charge is 0.149 e. The van der Waals surface area contributed by atoms with Crippen LogP contribution in [0.5, 0.6) is 0 Å². The molecule has 0 atom stereocenters. The van der Waals surface area contributed by atoms with E-state index in [0.29, 0.717) is 25.2 Å². The Morgan fingerprint density at radius 3 is 2.06 bits per heavy atom. The molecule has 1 aromatic carbocycles. The number of anilines is 1. The first-order chi connectivity index (χ1) is 8.63. The van der Waals surface area contributed by atoms with Crippen molar-refractivity contribution in [3.8, 4) is 0 Å². The van der Waals surface area contributed by atoms with Gasteiger partial charge in [-0.25, -0.2) is 8.78 Å². The van der Waals surface area contributed by atoms with E-state index < -0.39 is 11.6 Å². The van der Waals surface area contributed by atoms with Crippen LogP contribution in [0.15, 0.2) is 12.1 Å². The Morgan fingerprint density at radius 2 is 1.61 bits per heavy atom. The Kier molecular flexibility index (Phi) is 6.05. The van der Waals surface area contributed by atoms with Gasteiger partial charge >= 0.3 is 0 Å². The van der Waals surface area contributed by atoms with Gasteiger partial charge in [-0.15, -0.1) is 0 Å². The van der Waals surface area contributed by atoms with Crippen molar-refractivity contribution in [2.45, 2.75) is 33.7 Å². The molecule has 1 aromatic rings.